The zero-order valence-electron chi connectivity index (χ0n) is 21.7. The van der Waals surface area contributed by atoms with Crippen molar-refractivity contribution in [2.45, 2.75) is 70.1 Å². The number of anilines is 1. The largest absolute Gasteiger partial charge is 0.416 e. The summed E-state index contributed by atoms with van der Waals surface area (Å²) in [7, 11) is 0. The van der Waals surface area contributed by atoms with Crippen LogP contribution in [0.4, 0.5) is 32.0 Å². The molecule has 3 rings (SSSR count). The summed E-state index contributed by atoms with van der Waals surface area (Å²) in [5, 5.41) is 2.79. The molecular weight excluding hydrogens is 688 g/mol. The molecule has 0 saturated heterocycles. The van der Waals surface area contributed by atoms with Crippen molar-refractivity contribution in [2.24, 2.45) is 5.92 Å². The molecule has 0 aliphatic heterocycles. The number of benzene rings is 2. The minimum absolute atomic E-state index is 0.0720. The summed E-state index contributed by atoms with van der Waals surface area (Å²) in [6.07, 6.45) is -6.03. The minimum Gasteiger partial charge on any atom is -0.326 e. The van der Waals surface area contributed by atoms with Crippen LogP contribution in [0.15, 0.2) is 36.4 Å². The van der Waals surface area contributed by atoms with E-state index in [4.69, 9.17) is 4.62 Å². The van der Waals surface area contributed by atoms with E-state index in [-0.39, 0.29) is 54.9 Å². The van der Waals surface area contributed by atoms with Crippen LogP contribution in [-0.2, 0) is 39.4 Å². The molecular formula is C27H28F6IN2O4P. The highest BCUT2D eigenvalue weighted by atomic mass is 127. The van der Waals surface area contributed by atoms with Crippen LogP contribution in [0.2, 0.25) is 0 Å². The van der Waals surface area contributed by atoms with Crippen LogP contribution in [0.1, 0.15) is 77.6 Å². The van der Waals surface area contributed by atoms with Gasteiger partial charge in [0.2, 0.25) is 11.8 Å². The Kier molecular flexibility index (Phi) is 12.0. The highest BCUT2D eigenvalue weighted by Crippen LogP contribution is 2.38. The lowest BCUT2D eigenvalue weighted by Crippen LogP contribution is -2.25. The summed E-state index contributed by atoms with van der Waals surface area (Å²) >= 11 is 1.99. The summed E-state index contributed by atoms with van der Waals surface area (Å²) in [6, 6.07) is 6.15. The Morgan fingerprint density at radius 1 is 0.902 bits per heavy atom. The van der Waals surface area contributed by atoms with Gasteiger partial charge in [0.15, 0.2) is 5.78 Å². The fourth-order valence-corrected chi connectivity index (χ4v) is 5.17. The first-order valence-corrected chi connectivity index (χ1v) is 16.9. The van der Waals surface area contributed by atoms with Gasteiger partial charge in [0.25, 0.3) is 0 Å². The van der Waals surface area contributed by atoms with Gasteiger partial charge < -0.3 is 5.32 Å². The summed E-state index contributed by atoms with van der Waals surface area (Å²) in [5.74, 6) is -1.51. The van der Waals surface area contributed by atoms with Crippen molar-refractivity contribution in [2.75, 3.05) is 5.32 Å². The predicted octanol–water partition coefficient (Wildman–Crippen LogP) is 7.98. The van der Waals surface area contributed by atoms with E-state index in [9.17, 15) is 40.7 Å². The molecule has 2 aromatic carbocycles. The van der Waals surface area contributed by atoms with Gasteiger partial charge in [0, 0.05) is 30.0 Å². The van der Waals surface area contributed by atoms with E-state index in [0.29, 0.717) is 54.6 Å². The van der Waals surface area contributed by atoms with E-state index in [1.807, 2.05) is 22.0 Å². The van der Waals surface area contributed by atoms with Gasteiger partial charge >= 0.3 is 12.4 Å². The Labute approximate surface area is 247 Å². The maximum absolute atomic E-state index is 13.2. The highest BCUT2D eigenvalue weighted by Gasteiger charge is 2.37. The average molecular weight is 716 g/mol. The van der Waals surface area contributed by atoms with Crippen LogP contribution in [-0.4, -0.2) is 17.6 Å². The first-order valence-electron chi connectivity index (χ1n) is 12.8. The summed E-state index contributed by atoms with van der Waals surface area (Å²) < 4.78 is 84.1. The van der Waals surface area contributed by atoms with E-state index in [0.717, 1.165) is 12.8 Å². The predicted molar refractivity (Wildman–Crippen MR) is 151 cm³/mol. The molecule has 1 aliphatic rings. The Hall–Kier alpha value is -2.25. The molecule has 0 spiro atoms. The van der Waals surface area contributed by atoms with Crippen LogP contribution < -0.4 is 10.8 Å². The van der Waals surface area contributed by atoms with Crippen molar-refractivity contribution in [3.8, 4) is 0 Å². The molecule has 2 unspecified atom stereocenters. The Morgan fingerprint density at radius 3 is 2.10 bits per heavy atom. The number of hydroxylamine groups is 1. The number of hydrogen-bond donors (Lipinski definition) is 2. The normalized spacial score (nSPS) is 15.7. The molecule has 0 bridgehead atoms. The standard InChI is InChI=1S/C27H28F6IN2O4P/c28-26(29,30)19-12-16(13-20(15-19)27(31,32)33)11-18-8-7-17-14-21(9-10-22(17)25(18)39)35-23(37)5-3-1-2-4-6-24(38)36-40-41-34/h9-10,12-15,18,41H,1-8,11H2,(H,35,37)(H,36,38). The Bertz CT molecular complexity index is 1220. The van der Waals surface area contributed by atoms with Gasteiger partial charge in [-0.25, -0.2) is 10.1 Å². The molecule has 0 saturated carbocycles. The van der Waals surface area contributed by atoms with Crippen molar-refractivity contribution < 1.29 is 45.4 Å². The number of halogens is 7. The van der Waals surface area contributed by atoms with Crippen molar-refractivity contribution in [3.05, 3.63) is 64.2 Å². The number of rotatable bonds is 12. The smallest absolute Gasteiger partial charge is 0.326 e. The second-order valence-electron chi connectivity index (χ2n) is 9.76. The molecule has 0 heterocycles. The van der Waals surface area contributed by atoms with Crippen LogP contribution in [0, 0.1) is 5.92 Å². The number of carbonyl (C=O) groups excluding carboxylic acids is 3. The third kappa shape index (κ3) is 10.2. The Balaban J connectivity index is 1.54. The number of hydrogen-bond acceptors (Lipinski definition) is 4. The van der Waals surface area contributed by atoms with E-state index < -0.39 is 29.4 Å². The molecule has 2 N–H and O–H groups in total. The van der Waals surface area contributed by atoms with Gasteiger partial charge in [-0.15, -0.1) is 0 Å². The van der Waals surface area contributed by atoms with E-state index in [1.165, 1.54) is 6.07 Å². The van der Waals surface area contributed by atoms with E-state index >= 15 is 0 Å². The minimum atomic E-state index is -4.96. The molecule has 14 heteroatoms. The second-order valence-corrected chi connectivity index (χ2v) is 11.4. The van der Waals surface area contributed by atoms with Gasteiger partial charge in [-0.05, 0) is 102 Å². The number of nitrogens with one attached hydrogen (secondary N) is 2. The number of amides is 2. The van der Waals surface area contributed by atoms with Crippen LogP contribution >= 0.6 is 28.5 Å². The topological polar surface area (TPSA) is 84.5 Å². The van der Waals surface area contributed by atoms with Gasteiger partial charge in [-0.2, -0.15) is 26.3 Å². The van der Waals surface area contributed by atoms with Crippen LogP contribution in [0.5, 0.6) is 0 Å². The maximum Gasteiger partial charge on any atom is 0.416 e. The van der Waals surface area contributed by atoms with Crippen molar-refractivity contribution in [3.63, 3.8) is 0 Å². The zero-order valence-corrected chi connectivity index (χ0v) is 24.8. The summed E-state index contributed by atoms with van der Waals surface area (Å²) in [4.78, 5) is 36.9. The molecule has 2 atom stereocenters. The second kappa shape index (κ2) is 14.8. The fourth-order valence-electron chi connectivity index (χ4n) is 4.69. The molecule has 2 aromatic rings. The third-order valence-corrected chi connectivity index (χ3v) is 7.52. The number of carbonyl (C=O) groups is 3. The van der Waals surface area contributed by atoms with Crippen molar-refractivity contribution in [1.82, 2.24) is 5.48 Å². The summed E-state index contributed by atoms with van der Waals surface area (Å²) in [5.41, 5.74) is 0.816. The molecule has 1 aliphatic carbocycles. The number of ketones is 1. The number of alkyl halides is 6. The number of unbranched alkanes of at least 4 members (excludes halogenated alkanes) is 3. The van der Waals surface area contributed by atoms with E-state index in [1.54, 1.807) is 12.1 Å². The monoisotopic (exact) mass is 716 g/mol. The maximum atomic E-state index is 13.2. The average Bonchev–Trinajstić information content (AvgIpc) is 2.90. The van der Waals surface area contributed by atoms with Crippen molar-refractivity contribution >= 4 is 51.8 Å². The van der Waals surface area contributed by atoms with Crippen LogP contribution in [0.25, 0.3) is 0 Å². The molecule has 2 amide bonds. The van der Waals surface area contributed by atoms with Crippen molar-refractivity contribution in [1.29, 1.82) is 0 Å². The lowest BCUT2D eigenvalue weighted by Gasteiger charge is -2.24. The highest BCUT2D eigenvalue weighted by molar-refractivity contribution is 14.2. The molecule has 224 valence electrons. The third-order valence-electron chi connectivity index (χ3n) is 6.68. The number of aryl methyl sites for hydroxylation is 1. The van der Waals surface area contributed by atoms with Gasteiger partial charge in [-0.3, -0.25) is 14.4 Å². The molecule has 0 aromatic heterocycles. The SMILES string of the molecule is O=C(CCCCCCC(=O)Nc1ccc2c(c1)CCC(Cc1cc(C(F)(F)F)cc(C(F)(F)F)c1)C2=O)NOPI. The lowest BCUT2D eigenvalue weighted by atomic mass is 9.79. The fraction of sp³-hybridized carbons (Fsp3) is 0.444. The quantitative estimate of drug-likeness (QED) is 0.0768. The van der Waals surface area contributed by atoms with Gasteiger partial charge in [0.05, 0.1) is 11.1 Å². The lowest BCUT2D eigenvalue weighted by molar-refractivity contribution is -0.143. The van der Waals surface area contributed by atoms with Gasteiger partial charge in [0.1, 0.15) is 6.45 Å². The molecule has 41 heavy (non-hydrogen) atoms. The summed E-state index contributed by atoms with van der Waals surface area (Å²) in [6.45, 7) is 0.144. The van der Waals surface area contributed by atoms with Gasteiger partial charge in [-0.1, -0.05) is 12.8 Å². The zero-order chi connectivity index (χ0) is 30.2. The van der Waals surface area contributed by atoms with E-state index in [2.05, 4.69) is 10.8 Å². The Morgan fingerprint density at radius 2 is 1.51 bits per heavy atom. The number of fused-ring (bicyclic) bond motifs is 1. The molecule has 6 nitrogen and oxygen atoms in total. The number of Topliss-reactive ketones (excluding diaryl/α,β-unsaturated/α-hetero) is 1. The molecule has 0 fully saturated rings. The first-order chi connectivity index (χ1) is 19.3. The molecule has 0 radical (unpaired) electrons. The first kappa shape index (κ1) is 33.3. The van der Waals surface area contributed by atoms with Crippen LogP contribution in [0.3, 0.4) is 0 Å².